The largest absolute Gasteiger partial charge is 0.478 e. The number of carbonyl (C=O) groups excluding carboxylic acids is 1. The van der Waals surface area contributed by atoms with E-state index in [1.54, 1.807) is 24.4 Å². The highest BCUT2D eigenvalue weighted by Gasteiger charge is 2.30. The van der Waals surface area contributed by atoms with Gasteiger partial charge < -0.3 is 10.0 Å². The standard InChI is InChI=1S/C20H23N3O3/c24-19(17-12-21-23-8-2-1-6-18(17)23)22-9-7-15(13-22)10-14-4-3-5-16(11-14)20(25)26/h3-5,11-12,15H,1-2,6-10,13H2,(H,25,26). The minimum atomic E-state index is -0.902. The molecule has 2 aromatic rings. The predicted molar refractivity (Wildman–Crippen MR) is 96.3 cm³/mol. The Morgan fingerprint density at radius 3 is 2.96 bits per heavy atom. The van der Waals surface area contributed by atoms with Crippen LogP contribution >= 0.6 is 0 Å². The summed E-state index contributed by atoms with van der Waals surface area (Å²) in [7, 11) is 0. The predicted octanol–water partition coefficient (Wildman–Crippen LogP) is 2.62. The fourth-order valence-corrected chi connectivity index (χ4v) is 4.12. The first kappa shape index (κ1) is 16.8. The maximum absolute atomic E-state index is 12.9. The van der Waals surface area contributed by atoms with Gasteiger partial charge in [0.2, 0.25) is 0 Å². The molecular formula is C20H23N3O3. The molecule has 0 saturated carbocycles. The molecule has 1 unspecified atom stereocenters. The van der Waals surface area contributed by atoms with Gasteiger partial charge in [0.1, 0.15) is 0 Å². The lowest BCUT2D eigenvalue weighted by Crippen LogP contribution is -2.30. The third-order valence-electron chi connectivity index (χ3n) is 5.48. The number of nitrogens with zero attached hydrogens (tertiary/aromatic N) is 3. The second-order valence-electron chi connectivity index (χ2n) is 7.30. The molecule has 6 nitrogen and oxygen atoms in total. The highest BCUT2D eigenvalue weighted by atomic mass is 16.4. The van der Waals surface area contributed by atoms with Gasteiger partial charge in [0.05, 0.1) is 23.0 Å². The molecule has 6 heteroatoms. The van der Waals surface area contributed by atoms with Crippen LogP contribution in [0.5, 0.6) is 0 Å². The van der Waals surface area contributed by atoms with Crippen LogP contribution in [0.15, 0.2) is 30.5 Å². The minimum absolute atomic E-state index is 0.0925. The Morgan fingerprint density at radius 1 is 1.23 bits per heavy atom. The number of amides is 1. The van der Waals surface area contributed by atoms with Gasteiger partial charge in [0.25, 0.3) is 5.91 Å². The number of carboxylic acid groups (broad SMARTS) is 1. The molecule has 4 rings (SSSR count). The molecule has 1 saturated heterocycles. The van der Waals surface area contributed by atoms with E-state index in [-0.39, 0.29) is 5.91 Å². The molecule has 1 aromatic heterocycles. The Hall–Kier alpha value is -2.63. The summed E-state index contributed by atoms with van der Waals surface area (Å²) in [5, 5.41) is 13.5. The van der Waals surface area contributed by atoms with E-state index in [4.69, 9.17) is 5.11 Å². The number of rotatable bonds is 4. The number of hydrogen-bond donors (Lipinski definition) is 1. The van der Waals surface area contributed by atoms with Crippen molar-refractivity contribution in [1.29, 1.82) is 0 Å². The fraction of sp³-hybridized carbons (Fsp3) is 0.450. The van der Waals surface area contributed by atoms with Crippen LogP contribution in [0.2, 0.25) is 0 Å². The van der Waals surface area contributed by atoms with E-state index in [2.05, 4.69) is 5.10 Å². The molecule has 2 aliphatic rings. The average Bonchev–Trinajstić information content (AvgIpc) is 3.28. The zero-order valence-electron chi connectivity index (χ0n) is 14.7. The summed E-state index contributed by atoms with van der Waals surface area (Å²) in [6.07, 6.45) is 6.66. The second kappa shape index (κ2) is 6.94. The van der Waals surface area contributed by atoms with Crippen molar-refractivity contribution in [3.05, 3.63) is 52.8 Å². The normalized spacial score (nSPS) is 19.4. The summed E-state index contributed by atoms with van der Waals surface area (Å²) in [5.74, 6) is -0.439. The van der Waals surface area contributed by atoms with Crippen LogP contribution < -0.4 is 0 Å². The molecule has 0 bridgehead atoms. The van der Waals surface area contributed by atoms with E-state index in [0.717, 1.165) is 68.6 Å². The first-order valence-electron chi connectivity index (χ1n) is 9.28. The average molecular weight is 353 g/mol. The number of hydrogen-bond acceptors (Lipinski definition) is 3. The summed E-state index contributed by atoms with van der Waals surface area (Å²) in [6.45, 7) is 2.39. The third kappa shape index (κ3) is 3.23. The Balaban J connectivity index is 1.42. The molecular weight excluding hydrogens is 330 g/mol. The number of aryl methyl sites for hydroxylation is 1. The maximum Gasteiger partial charge on any atom is 0.335 e. The van der Waals surface area contributed by atoms with E-state index in [1.165, 1.54) is 0 Å². The summed E-state index contributed by atoms with van der Waals surface area (Å²) < 4.78 is 1.97. The van der Waals surface area contributed by atoms with Gasteiger partial charge in [0.15, 0.2) is 0 Å². The molecule has 1 fully saturated rings. The van der Waals surface area contributed by atoms with Crippen LogP contribution in [0.3, 0.4) is 0 Å². The van der Waals surface area contributed by atoms with Crippen molar-refractivity contribution in [2.45, 2.75) is 38.6 Å². The van der Waals surface area contributed by atoms with E-state index in [0.29, 0.717) is 11.5 Å². The van der Waals surface area contributed by atoms with Crippen molar-refractivity contribution in [2.75, 3.05) is 13.1 Å². The fourth-order valence-electron chi connectivity index (χ4n) is 4.12. The van der Waals surface area contributed by atoms with Crippen molar-refractivity contribution < 1.29 is 14.7 Å². The molecule has 1 N–H and O–H groups in total. The summed E-state index contributed by atoms with van der Waals surface area (Å²) >= 11 is 0. The first-order chi connectivity index (χ1) is 12.6. The van der Waals surface area contributed by atoms with Gasteiger partial charge in [-0.15, -0.1) is 0 Å². The Labute approximate surface area is 152 Å². The van der Waals surface area contributed by atoms with Crippen LogP contribution in [-0.4, -0.2) is 44.8 Å². The van der Waals surface area contributed by atoms with Gasteiger partial charge >= 0.3 is 5.97 Å². The van der Waals surface area contributed by atoms with Crippen LogP contribution in [0.4, 0.5) is 0 Å². The van der Waals surface area contributed by atoms with E-state index < -0.39 is 5.97 Å². The number of fused-ring (bicyclic) bond motifs is 1. The highest BCUT2D eigenvalue weighted by molar-refractivity contribution is 5.95. The monoisotopic (exact) mass is 353 g/mol. The minimum Gasteiger partial charge on any atom is -0.478 e. The quantitative estimate of drug-likeness (QED) is 0.917. The lowest BCUT2D eigenvalue weighted by Gasteiger charge is -2.19. The van der Waals surface area contributed by atoms with E-state index >= 15 is 0 Å². The lowest BCUT2D eigenvalue weighted by molar-refractivity contribution is 0.0696. The van der Waals surface area contributed by atoms with Gasteiger partial charge in [-0.05, 0) is 55.7 Å². The molecule has 3 heterocycles. The first-order valence-corrected chi connectivity index (χ1v) is 9.28. The zero-order valence-corrected chi connectivity index (χ0v) is 14.7. The molecule has 0 spiro atoms. The number of benzene rings is 1. The Morgan fingerprint density at radius 2 is 2.12 bits per heavy atom. The van der Waals surface area contributed by atoms with Gasteiger partial charge in [-0.25, -0.2) is 4.79 Å². The number of aromatic nitrogens is 2. The lowest BCUT2D eigenvalue weighted by atomic mass is 9.97. The van der Waals surface area contributed by atoms with Crippen LogP contribution in [0.25, 0.3) is 0 Å². The van der Waals surface area contributed by atoms with Crippen molar-refractivity contribution >= 4 is 11.9 Å². The number of aromatic carboxylic acids is 1. The van der Waals surface area contributed by atoms with Crippen molar-refractivity contribution in [2.24, 2.45) is 5.92 Å². The zero-order chi connectivity index (χ0) is 18.1. The summed E-state index contributed by atoms with van der Waals surface area (Å²) in [4.78, 5) is 26.0. The van der Waals surface area contributed by atoms with E-state index in [1.807, 2.05) is 15.6 Å². The van der Waals surface area contributed by atoms with Crippen LogP contribution in [0.1, 0.15) is 51.2 Å². The molecule has 2 aliphatic heterocycles. The summed E-state index contributed by atoms with van der Waals surface area (Å²) in [6, 6.07) is 7.10. The molecule has 1 amide bonds. The maximum atomic E-state index is 12.9. The molecule has 26 heavy (non-hydrogen) atoms. The van der Waals surface area contributed by atoms with Crippen LogP contribution in [0, 0.1) is 5.92 Å². The van der Waals surface area contributed by atoms with Crippen molar-refractivity contribution in [1.82, 2.24) is 14.7 Å². The molecule has 1 atom stereocenters. The van der Waals surface area contributed by atoms with E-state index in [9.17, 15) is 9.59 Å². The molecule has 1 aromatic carbocycles. The molecule has 136 valence electrons. The SMILES string of the molecule is O=C(O)c1cccc(CC2CCN(C(=O)c3cnn4c3CCCC4)C2)c1. The van der Waals surface area contributed by atoms with Gasteiger partial charge in [-0.1, -0.05) is 12.1 Å². The number of likely N-dealkylation sites (tertiary alicyclic amines) is 1. The van der Waals surface area contributed by atoms with Gasteiger partial charge in [-0.3, -0.25) is 9.48 Å². The van der Waals surface area contributed by atoms with Gasteiger partial charge in [-0.2, -0.15) is 5.10 Å². The summed E-state index contributed by atoms with van der Waals surface area (Å²) in [5.41, 5.74) is 3.18. The van der Waals surface area contributed by atoms with Gasteiger partial charge in [0, 0.05) is 19.6 Å². The van der Waals surface area contributed by atoms with Crippen molar-refractivity contribution in [3.63, 3.8) is 0 Å². The number of carbonyl (C=O) groups is 2. The smallest absolute Gasteiger partial charge is 0.335 e. The Bertz CT molecular complexity index is 843. The van der Waals surface area contributed by atoms with Crippen LogP contribution in [-0.2, 0) is 19.4 Å². The topological polar surface area (TPSA) is 75.4 Å². The Kier molecular flexibility index (Phi) is 4.49. The highest BCUT2D eigenvalue weighted by Crippen LogP contribution is 2.25. The second-order valence-corrected chi connectivity index (χ2v) is 7.30. The third-order valence-corrected chi connectivity index (χ3v) is 5.48. The molecule has 0 radical (unpaired) electrons. The van der Waals surface area contributed by atoms with Crippen molar-refractivity contribution in [3.8, 4) is 0 Å². The number of carboxylic acids is 1. The molecule has 0 aliphatic carbocycles.